The van der Waals surface area contributed by atoms with Gasteiger partial charge in [-0.05, 0) is 12.1 Å². The van der Waals surface area contributed by atoms with Gasteiger partial charge in [0, 0.05) is 12.1 Å². The molecule has 2 N–H and O–H groups in total. The van der Waals surface area contributed by atoms with Crippen LogP contribution in [0.4, 0.5) is 19.1 Å². The van der Waals surface area contributed by atoms with E-state index in [0.29, 0.717) is 22.1 Å². The van der Waals surface area contributed by atoms with Crippen molar-refractivity contribution in [2.24, 2.45) is 0 Å². The van der Waals surface area contributed by atoms with Gasteiger partial charge in [-0.1, -0.05) is 17.7 Å². The molecule has 0 fully saturated rings. The number of halogens is 4. The van der Waals surface area contributed by atoms with Crippen LogP contribution in [0.15, 0.2) is 30.3 Å². The maximum absolute atomic E-state index is 13.9. The zero-order valence-electron chi connectivity index (χ0n) is 9.87. The largest absolute Gasteiger partial charge is 0.369 e. The second kappa shape index (κ2) is 4.42. The first-order valence-electron chi connectivity index (χ1n) is 5.56. The third-order valence-corrected chi connectivity index (χ3v) is 3.20. The van der Waals surface area contributed by atoms with Crippen LogP contribution in [0, 0.1) is 17.5 Å². The molecule has 0 saturated carbocycles. The van der Waals surface area contributed by atoms with E-state index in [0.717, 1.165) is 6.07 Å². The molecule has 102 valence electrons. The number of nitrogen functional groups attached to an aromatic ring is 1. The van der Waals surface area contributed by atoms with Crippen molar-refractivity contribution in [3.63, 3.8) is 0 Å². The molecule has 20 heavy (non-hydrogen) atoms. The van der Waals surface area contributed by atoms with Crippen molar-refractivity contribution < 1.29 is 13.2 Å². The molecular formula is C13H7ClF3N3. The maximum Gasteiger partial charge on any atom is 0.206 e. The van der Waals surface area contributed by atoms with Crippen LogP contribution in [-0.2, 0) is 0 Å². The van der Waals surface area contributed by atoms with Gasteiger partial charge >= 0.3 is 0 Å². The van der Waals surface area contributed by atoms with Crippen LogP contribution in [0.2, 0.25) is 5.02 Å². The normalized spacial score (nSPS) is 11.2. The number of rotatable bonds is 1. The number of hydrogen-bond acceptors (Lipinski definition) is 2. The van der Waals surface area contributed by atoms with Crippen molar-refractivity contribution in [2.45, 2.75) is 0 Å². The minimum Gasteiger partial charge on any atom is -0.369 e. The van der Waals surface area contributed by atoms with Gasteiger partial charge in [0.25, 0.3) is 0 Å². The molecule has 0 spiro atoms. The first-order valence-corrected chi connectivity index (χ1v) is 5.94. The summed E-state index contributed by atoms with van der Waals surface area (Å²) < 4.78 is 41.3. The topological polar surface area (TPSA) is 43.8 Å². The first-order chi connectivity index (χ1) is 9.49. The minimum atomic E-state index is -1.27. The first kappa shape index (κ1) is 12.8. The van der Waals surface area contributed by atoms with E-state index in [4.69, 9.17) is 17.3 Å². The van der Waals surface area contributed by atoms with E-state index in [2.05, 4.69) is 4.98 Å². The SMILES string of the molecule is Nc1nc2c(Cl)cccc2n1-c1cc(F)c(F)cc1F. The van der Waals surface area contributed by atoms with E-state index in [-0.39, 0.29) is 11.6 Å². The molecule has 2 aromatic carbocycles. The fourth-order valence-corrected chi connectivity index (χ4v) is 2.23. The summed E-state index contributed by atoms with van der Waals surface area (Å²) in [5, 5.41) is 0.330. The maximum atomic E-state index is 13.9. The molecule has 1 aromatic heterocycles. The van der Waals surface area contributed by atoms with Crippen LogP contribution in [-0.4, -0.2) is 9.55 Å². The Bertz CT molecular complexity index is 829. The van der Waals surface area contributed by atoms with Crippen molar-refractivity contribution in [2.75, 3.05) is 5.73 Å². The predicted octanol–water partition coefficient (Wildman–Crippen LogP) is 3.68. The van der Waals surface area contributed by atoms with E-state index >= 15 is 0 Å². The molecule has 7 heteroatoms. The Kier molecular flexibility index (Phi) is 2.83. The molecule has 3 rings (SSSR count). The predicted molar refractivity (Wildman–Crippen MR) is 70.4 cm³/mol. The highest BCUT2D eigenvalue weighted by molar-refractivity contribution is 6.35. The molecule has 0 aliphatic heterocycles. The highest BCUT2D eigenvalue weighted by Crippen LogP contribution is 2.29. The van der Waals surface area contributed by atoms with Crippen LogP contribution < -0.4 is 5.73 Å². The van der Waals surface area contributed by atoms with Crippen molar-refractivity contribution >= 4 is 28.6 Å². The number of fused-ring (bicyclic) bond motifs is 1. The van der Waals surface area contributed by atoms with E-state index in [9.17, 15) is 13.2 Å². The number of nitrogens with two attached hydrogens (primary N) is 1. The molecule has 1 heterocycles. The number of anilines is 1. The quantitative estimate of drug-likeness (QED) is 0.696. The fraction of sp³-hybridized carbons (Fsp3) is 0. The van der Waals surface area contributed by atoms with Gasteiger partial charge in [-0.15, -0.1) is 0 Å². The van der Waals surface area contributed by atoms with Crippen LogP contribution in [0.1, 0.15) is 0 Å². The number of nitrogens with zero attached hydrogens (tertiary/aromatic N) is 2. The van der Waals surface area contributed by atoms with E-state index in [1.54, 1.807) is 18.2 Å². The lowest BCUT2D eigenvalue weighted by molar-refractivity contribution is 0.493. The lowest BCUT2D eigenvalue weighted by Gasteiger charge is -2.08. The standard InChI is InChI=1S/C13H7ClF3N3/c14-6-2-1-3-10-12(6)19-13(18)20(10)11-5-8(16)7(15)4-9(11)17/h1-5H,(H2,18,19). The Morgan fingerprint density at radius 3 is 2.50 bits per heavy atom. The van der Waals surface area contributed by atoms with E-state index in [1.165, 1.54) is 4.57 Å². The average Bonchev–Trinajstić information content (AvgIpc) is 2.72. The molecule has 0 radical (unpaired) electrons. The summed E-state index contributed by atoms with van der Waals surface area (Å²) in [6.07, 6.45) is 0. The molecule has 0 saturated heterocycles. The van der Waals surface area contributed by atoms with E-state index in [1.807, 2.05) is 0 Å². The van der Waals surface area contributed by atoms with Gasteiger partial charge in [0.15, 0.2) is 11.6 Å². The van der Waals surface area contributed by atoms with Crippen LogP contribution in [0.5, 0.6) is 0 Å². The number of imidazole rings is 1. The molecule has 3 nitrogen and oxygen atoms in total. The lowest BCUT2D eigenvalue weighted by Crippen LogP contribution is -2.04. The Morgan fingerprint density at radius 2 is 1.75 bits per heavy atom. The summed E-state index contributed by atoms with van der Waals surface area (Å²) in [6.45, 7) is 0. The number of para-hydroxylation sites is 1. The lowest BCUT2D eigenvalue weighted by atomic mass is 10.2. The Morgan fingerprint density at radius 1 is 1.05 bits per heavy atom. The van der Waals surface area contributed by atoms with Crippen molar-refractivity contribution in [3.8, 4) is 5.69 Å². The van der Waals surface area contributed by atoms with Gasteiger partial charge in [-0.2, -0.15) is 0 Å². The summed E-state index contributed by atoms with van der Waals surface area (Å²) in [4.78, 5) is 4.01. The monoisotopic (exact) mass is 297 g/mol. The van der Waals surface area contributed by atoms with Crippen LogP contribution in [0.25, 0.3) is 16.7 Å². The van der Waals surface area contributed by atoms with E-state index < -0.39 is 17.5 Å². The van der Waals surface area contributed by atoms with Crippen LogP contribution >= 0.6 is 11.6 Å². The third kappa shape index (κ3) is 1.80. The average molecular weight is 298 g/mol. The molecule has 0 unspecified atom stereocenters. The van der Waals surface area contributed by atoms with Gasteiger partial charge < -0.3 is 5.73 Å². The highest BCUT2D eigenvalue weighted by atomic mass is 35.5. The van der Waals surface area contributed by atoms with Gasteiger partial charge in [-0.3, -0.25) is 4.57 Å². The zero-order valence-corrected chi connectivity index (χ0v) is 10.6. The van der Waals surface area contributed by atoms with Crippen molar-refractivity contribution in [1.29, 1.82) is 0 Å². The molecule has 3 aromatic rings. The Hall–Kier alpha value is -2.21. The minimum absolute atomic E-state index is 0.0713. The van der Waals surface area contributed by atoms with Gasteiger partial charge in [0.2, 0.25) is 5.95 Å². The molecule has 0 aliphatic rings. The fourth-order valence-electron chi connectivity index (χ4n) is 2.02. The molecule has 0 bridgehead atoms. The van der Waals surface area contributed by atoms with Gasteiger partial charge in [0.1, 0.15) is 11.3 Å². The number of benzene rings is 2. The second-order valence-corrected chi connectivity index (χ2v) is 4.54. The van der Waals surface area contributed by atoms with Crippen LogP contribution in [0.3, 0.4) is 0 Å². The molecule has 0 amide bonds. The Balaban J connectivity index is 2.38. The van der Waals surface area contributed by atoms with Gasteiger partial charge in [-0.25, -0.2) is 18.2 Å². The smallest absolute Gasteiger partial charge is 0.206 e. The number of aromatic nitrogens is 2. The summed E-state index contributed by atoms with van der Waals surface area (Å²) in [5.74, 6) is -3.47. The summed E-state index contributed by atoms with van der Waals surface area (Å²) >= 11 is 5.97. The molecule has 0 atom stereocenters. The highest BCUT2D eigenvalue weighted by Gasteiger charge is 2.17. The third-order valence-electron chi connectivity index (χ3n) is 2.89. The van der Waals surface area contributed by atoms with Crippen molar-refractivity contribution in [1.82, 2.24) is 9.55 Å². The molecular weight excluding hydrogens is 291 g/mol. The summed E-state index contributed by atoms with van der Waals surface area (Å²) in [6, 6.07) is 6.01. The number of hydrogen-bond donors (Lipinski definition) is 1. The Labute approximate surface area is 116 Å². The van der Waals surface area contributed by atoms with Crippen molar-refractivity contribution in [3.05, 3.63) is 52.8 Å². The summed E-state index contributed by atoms with van der Waals surface area (Å²) in [7, 11) is 0. The second-order valence-electron chi connectivity index (χ2n) is 4.13. The zero-order chi connectivity index (χ0) is 14.4. The molecule has 0 aliphatic carbocycles. The van der Waals surface area contributed by atoms with Gasteiger partial charge in [0.05, 0.1) is 16.2 Å². The summed E-state index contributed by atoms with van der Waals surface area (Å²) in [5.41, 5.74) is 6.25.